The number of hydrogen-bond acceptors (Lipinski definition) is 6. The zero-order valence-corrected chi connectivity index (χ0v) is 17.5. The molecule has 8 heteroatoms. The van der Waals surface area contributed by atoms with Crippen molar-refractivity contribution in [2.24, 2.45) is 0 Å². The molecule has 1 amide bonds. The lowest BCUT2D eigenvalue weighted by atomic mass is 10.0. The molecule has 0 bridgehead atoms. The highest BCUT2D eigenvalue weighted by Gasteiger charge is 2.38. The summed E-state index contributed by atoms with van der Waals surface area (Å²) in [4.78, 5) is 29.6. The highest BCUT2D eigenvalue weighted by atomic mass is 16.3. The van der Waals surface area contributed by atoms with Crippen LogP contribution in [-0.2, 0) is 17.8 Å². The van der Waals surface area contributed by atoms with E-state index in [2.05, 4.69) is 26.4 Å². The lowest BCUT2D eigenvalue weighted by molar-refractivity contribution is -0.133. The first-order valence-corrected chi connectivity index (χ1v) is 10.4. The van der Waals surface area contributed by atoms with Crippen molar-refractivity contribution in [2.45, 2.75) is 38.3 Å². The summed E-state index contributed by atoms with van der Waals surface area (Å²) in [6, 6.07) is 9.77. The van der Waals surface area contributed by atoms with Gasteiger partial charge >= 0.3 is 0 Å². The zero-order chi connectivity index (χ0) is 21.1. The molecular formula is C22H28N6O2. The van der Waals surface area contributed by atoms with Gasteiger partial charge in [0.15, 0.2) is 0 Å². The molecule has 1 N–H and O–H groups in total. The highest BCUT2D eigenvalue weighted by molar-refractivity contribution is 5.78. The Morgan fingerprint density at radius 1 is 1.23 bits per heavy atom. The maximum Gasteiger partial charge on any atom is 0.225 e. The lowest BCUT2D eigenvalue weighted by Crippen LogP contribution is -2.46. The molecule has 158 valence electrons. The molecule has 1 fully saturated rings. The Morgan fingerprint density at radius 2 is 2.00 bits per heavy atom. The number of nitrogens with zero attached hydrogens (tertiary/aromatic N) is 6. The number of para-hydroxylation sites is 2. The summed E-state index contributed by atoms with van der Waals surface area (Å²) in [5.41, 5.74) is 1.05. The van der Waals surface area contributed by atoms with E-state index >= 15 is 0 Å². The Bertz CT molecular complexity index is 1020. The van der Waals surface area contributed by atoms with Crippen LogP contribution in [-0.4, -0.2) is 67.7 Å². The fraction of sp³-hybridized carbons (Fsp3) is 0.455. The van der Waals surface area contributed by atoms with Crippen LogP contribution in [0.15, 0.2) is 42.7 Å². The standard InChI is InChI=1S/C22H28N6O2/c1-3-19-25-17-7-4-5-8-18(17)28(19)13-9-20(29)26(2)15-22(30)10-14-27(16-22)21-23-11-6-12-24-21/h4-8,11-12,30H,3,9-10,13-16H2,1-2H3. The highest BCUT2D eigenvalue weighted by Crippen LogP contribution is 2.25. The molecule has 1 saturated heterocycles. The topological polar surface area (TPSA) is 87.4 Å². The van der Waals surface area contributed by atoms with E-state index in [1.165, 1.54) is 0 Å². The summed E-state index contributed by atoms with van der Waals surface area (Å²) in [5, 5.41) is 11.0. The Labute approximate surface area is 176 Å². The minimum Gasteiger partial charge on any atom is -0.386 e. The molecule has 2 aromatic heterocycles. The SMILES string of the molecule is CCc1nc2ccccc2n1CCC(=O)N(C)CC1(O)CCN(c2ncccn2)C1. The normalized spacial score (nSPS) is 18.8. The van der Waals surface area contributed by atoms with E-state index in [1.54, 1.807) is 30.4 Å². The number of anilines is 1. The van der Waals surface area contributed by atoms with Crippen molar-refractivity contribution >= 4 is 22.9 Å². The van der Waals surface area contributed by atoms with Crippen LogP contribution in [0.3, 0.4) is 0 Å². The van der Waals surface area contributed by atoms with E-state index in [0.717, 1.165) is 23.3 Å². The van der Waals surface area contributed by atoms with E-state index in [0.29, 0.717) is 45.0 Å². The summed E-state index contributed by atoms with van der Waals surface area (Å²) >= 11 is 0. The fourth-order valence-corrected chi connectivity index (χ4v) is 4.18. The molecule has 8 nitrogen and oxygen atoms in total. The molecule has 3 aromatic rings. The van der Waals surface area contributed by atoms with Gasteiger partial charge in [-0.05, 0) is 24.6 Å². The number of carbonyl (C=O) groups excluding carboxylic acids is 1. The number of benzene rings is 1. The minimum atomic E-state index is -0.958. The monoisotopic (exact) mass is 408 g/mol. The van der Waals surface area contributed by atoms with Crippen LogP contribution >= 0.6 is 0 Å². The number of aryl methyl sites for hydroxylation is 2. The van der Waals surface area contributed by atoms with Gasteiger partial charge in [0.2, 0.25) is 11.9 Å². The van der Waals surface area contributed by atoms with Crippen molar-refractivity contribution in [3.8, 4) is 0 Å². The van der Waals surface area contributed by atoms with Crippen LogP contribution in [0.2, 0.25) is 0 Å². The van der Waals surface area contributed by atoms with Gasteiger partial charge in [0.05, 0.1) is 24.1 Å². The van der Waals surface area contributed by atoms with E-state index in [-0.39, 0.29) is 5.91 Å². The van der Waals surface area contributed by atoms with Gasteiger partial charge in [0, 0.05) is 45.4 Å². The van der Waals surface area contributed by atoms with Crippen LogP contribution in [0, 0.1) is 0 Å². The van der Waals surface area contributed by atoms with Gasteiger partial charge in [-0.2, -0.15) is 0 Å². The van der Waals surface area contributed by atoms with E-state index in [9.17, 15) is 9.90 Å². The van der Waals surface area contributed by atoms with Gasteiger partial charge in [-0.3, -0.25) is 4.79 Å². The number of carbonyl (C=O) groups is 1. The minimum absolute atomic E-state index is 0.0117. The zero-order valence-electron chi connectivity index (χ0n) is 17.5. The number of hydrogen-bond donors (Lipinski definition) is 1. The van der Waals surface area contributed by atoms with Crippen molar-refractivity contribution in [3.05, 3.63) is 48.5 Å². The molecule has 30 heavy (non-hydrogen) atoms. The van der Waals surface area contributed by atoms with E-state index in [1.807, 2.05) is 29.2 Å². The number of imidazole rings is 1. The quantitative estimate of drug-likeness (QED) is 0.642. The van der Waals surface area contributed by atoms with Crippen LogP contribution in [0.25, 0.3) is 11.0 Å². The maximum absolute atomic E-state index is 12.8. The molecule has 4 rings (SSSR count). The average molecular weight is 409 g/mol. The van der Waals surface area contributed by atoms with Crippen LogP contribution < -0.4 is 4.90 Å². The molecular weight excluding hydrogens is 380 g/mol. The summed E-state index contributed by atoms with van der Waals surface area (Å²) in [7, 11) is 1.76. The number of aliphatic hydroxyl groups is 1. The Balaban J connectivity index is 1.37. The summed E-state index contributed by atoms with van der Waals surface area (Å²) in [6.07, 6.45) is 5.15. The van der Waals surface area contributed by atoms with E-state index in [4.69, 9.17) is 0 Å². The van der Waals surface area contributed by atoms with Gasteiger partial charge < -0.3 is 19.5 Å². The summed E-state index contributed by atoms with van der Waals surface area (Å²) in [5.74, 6) is 1.61. The van der Waals surface area contributed by atoms with Crippen LogP contribution in [0.1, 0.15) is 25.6 Å². The van der Waals surface area contributed by atoms with Gasteiger partial charge in [0.25, 0.3) is 0 Å². The second-order valence-electron chi connectivity index (χ2n) is 7.97. The van der Waals surface area contributed by atoms with Gasteiger partial charge in [-0.25, -0.2) is 15.0 Å². The number of rotatable bonds is 7. The number of amides is 1. The third kappa shape index (κ3) is 4.14. The summed E-state index contributed by atoms with van der Waals surface area (Å²) in [6.45, 7) is 4.03. The van der Waals surface area contributed by atoms with E-state index < -0.39 is 5.60 Å². The first-order chi connectivity index (χ1) is 14.5. The second kappa shape index (κ2) is 8.39. The van der Waals surface area contributed by atoms with Gasteiger partial charge in [-0.1, -0.05) is 19.1 Å². The van der Waals surface area contributed by atoms with Crippen molar-refractivity contribution < 1.29 is 9.90 Å². The molecule has 1 unspecified atom stereocenters. The molecule has 1 aliphatic heterocycles. The predicted octanol–water partition coefficient (Wildman–Crippen LogP) is 1.88. The average Bonchev–Trinajstić information content (AvgIpc) is 3.33. The first kappa shape index (κ1) is 20.3. The summed E-state index contributed by atoms with van der Waals surface area (Å²) < 4.78 is 2.12. The number of β-amino-alcohol motifs (C(OH)–C–C–N with tert-alkyl or cyclic N) is 1. The molecule has 1 aromatic carbocycles. The molecule has 0 spiro atoms. The smallest absolute Gasteiger partial charge is 0.225 e. The first-order valence-electron chi connectivity index (χ1n) is 10.4. The largest absolute Gasteiger partial charge is 0.386 e. The number of fused-ring (bicyclic) bond motifs is 1. The van der Waals surface area contributed by atoms with Crippen molar-refractivity contribution in [2.75, 3.05) is 31.6 Å². The molecule has 1 atom stereocenters. The second-order valence-corrected chi connectivity index (χ2v) is 7.97. The number of aromatic nitrogens is 4. The van der Waals surface area contributed by atoms with Crippen molar-refractivity contribution in [1.29, 1.82) is 0 Å². The van der Waals surface area contributed by atoms with Crippen LogP contribution in [0.5, 0.6) is 0 Å². The van der Waals surface area contributed by atoms with Crippen molar-refractivity contribution in [1.82, 2.24) is 24.4 Å². The number of likely N-dealkylation sites (N-methyl/N-ethyl adjacent to an activating group) is 1. The molecule has 3 heterocycles. The van der Waals surface area contributed by atoms with Gasteiger partial charge in [-0.15, -0.1) is 0 Å². The lowest BCUT2D eigenvalue weighted by Gasteiger charge is -2.29. The van der Waals surface area contributed by atoms with Gasteiger partial charge in [0.1, 0.15) is 11.4 Å². The molecule has 0 saturated carbocycles. The molecule has 1 aliphatic rings. The Morgan fingerprint density at radius 3 is 2.77 bits per heavy atom. The predicted molar refractivity (Wildman–Crippen MR) is 115 cm³/mol. The third-order valence-electron chi connectivity index (χ3n) is 5.72. The fourth-order valence-electron chi connectivity index (χ4n) is 4.18. The van der Waals surface area contributed by atoms with Crippen molar-refractivity contribution in [3.63, 3.8) is 0 Å². The van der Waals surface area contributed by atoms with Crippen LogP contribution in [0.4, 0.5) is 5.95 Å². The molecule has 0 aliphatic carbocycles. The molecule has 0 radical (unpaired) electrons. The third-order valence-corrected chi connectivity index (χ3v) is 5.72. The Kier molecular flexibility index (Phi) is 5.67. The Hall–Kier alpha value is -3.00. The maximum atomic E-state index is 12.8.